The van der Waals surface area contributed by atoms with Crippen molar-refractivity contribution in [1.82, 2.24) is 15.5 Å². The number of ether oxygens (including phenoxy) is 1. The van der Waals surface area contributed by atoms with E-state index in [2.05, 4.69) is 27.4 Å². The molecule has 134 valence electrons. The average Bonchev–Trinajstić information content (AvgIpc) is 2.57. The van der Waals surface area contributed by atoms with Crippen LogP contribution < -0.4 is 10.6 Å². The Morgan fingerprint density at radius 3 is 2.74 bits per heavy atom. The highest BCUT2D eigenvalue weighted by Crippen LogP contribution is 2.18. The van der Waals surface area contributed by atoms with Crippen molar-refractivity contribution in [2.75, 3.05) is 39.8 Å². The fourth-order valence-electron chi connectivity index (χ4n) is 3.03. The molecule has 1 atom stereocenters. The summed E-state index contributed by atoms with van der Waals surface area (Å²) in [6.07, 6.45) is 6.45. The third kappa shape index (κ3) is 8.21. The smallest absolute Gasteiger partial charge is 0.305 e. The number of hydrogen-bond donors (Lipinski definition) is 2. The summed E-state index contributed by atoms with van der Waals surface area (Å²) in [5.41, 5.74) is 0. The van der Waals surface area contributed by atoms with E-state index in [4.69, 9.17) is 4.74 Å². The van der Waals surface area contributed by atoms with Gasteiger partial charge >= 0.3 is 5.97 Å². The van der Waals surface area contributed by atoms with E-state index in [9.17, 15) is 4.79 Å². The lowest BCUT2D eigenvalue weighted by Crippen LogP contribution is -2.46. The number of nitrogens with one attached hydrogen (secondary N) is 2. The molecule has 6 heteroatoms. The van der Waals surface area contributed by atoms with Crippen molar-refractivity contribution in [2.24, 2.45) is 4.99 Å². The predicted molar refractivity (Wildman–Crippen MR) is 94.7 cm³/mol. The van der Waals surface area contributed by atoms with Crippen LogP contribution >= 0.6 is 0 Å². The molecule has 0 aromatic carbocycles. The van der Waals surface area contributed by atoms with E-state index in [1.165, 1.54) is 32.2 Å². The van der Waals surface area contributed by atoms with Crippen LogP contribution in [0.4, 0.5) is 0 Å². The normalized spacial score (nSPS) is 19.4. The zero-order chi connectivity index (χ0) is 16.9. The molecule has 1 aliphatic heterocycles. The molecule has 0 saturated carbocycles. The third-order valence-electron chi connectivity index (χ3n) is 4.29. The Balaban J connectivity index is 2.15. The fraction of sp³-hybridized carbons (Fsp3) is 0.882. The second-order valence-electron chi connectivity index (χ2n) is 5.93. The van der Waals surface area contributed by atoms with Gasteiger partial charge in [-0.15, -0.1) is 0 Å². The van der Waals surface area contributed by atoms with E-state index in [1.54, 1.807) is 7.05 Å². The number of aliphatic imine (C=N–C) groups is 1. The summed E-state index contributed by atoms with van der Waals surface area (Å²) >= 11 is 0. The Kier molecular flexibility index (Phi) is 10.4. The predicted octanol–water partition coefficient (Wildman–Crippen LogP) is 1.76. The van der Waals surface area contributed by atoms with Crippen LogP contribution in [-0.2, 0) is 9.53 Å². The number of esters is 1. The lowest BCUT2D eigenvalue weighted by molar-refractivity contribution is -0.143. The zero-order valence-electron chi connectivity index (χ0n) is 15.1. The standard InChI is InChI=1S/C17H34N4O2/c1-4-15-9-6-7-13-21(15)14-12-20-17(18-3)19-11-8-10-16(22)23-5-2/h15H,4-14H2,1-3H3,(H2,18,19,20). The Morgan fingerprint density at radius 1 is 1.26 bits per heavy atom. The maximum atomic E-state index is 11.3. The van der Waals surface area contributed by atoms with Gasteiger partial charge in [0.1, 0.15) is 0 Å². The van der Waals surface area contributed by atoms with Crippen molar-refractivity contribution in [3.05, 3.63) is 0 Å². The quantitative estimate of drug-likeness (QED) is 0.292. The van der Waals surface area contributed by atoms with Crippen LogP contribution in [0.1, 0.15) is 52.4 Å². The molecule has 1 aliphatic rings. The van der Waals surface area contributed by atoms with Gasteiger partial charge in [-0.1, -0.05) is 13.3 Å². The topological polar surface area (TPSA) is 66.0 Å². The minimum absolute atomic E-state index is 0.132. The summed E-state index contributed by atoms with van der Waals surface area (Å²) < 4.78 is 4.91. The summed E-state index contributed by atoms with van der Waals surface area (Å²) in [6, 6.07) is 0.741. The van der Waals surface area contributed by atoms with Crippen molar-refractivity contribution in [3.8, 4) is 0 Å². The second-order valence-corrected chi connectivity index (χ2v) is 5.93. The van der Waals surface area contributed by atoms with Gasteiger partial charge in [0.15, 0.2) is 5.96 Å². The number of nitrogens with zero attached hydrogens (tertiary/aromatic N) is 2. The number of rotatable bonds is 9. The first-order valence-electron chi connectivity index (χ1n) is 9.05. The molecule has 0 aliphatic carbocycles. The fourth-order valence-corrected chi connectivity index (χ4v) is 3.03. The number of hydrogen-bond acceptors (Lipinski definition) is 4. The highest BCUT2D eigenvalue weighted by atomic mass is 16.5. The van der Waals surface area contributed by atoms with Gasteiger partial charge in [0.2, 0.25) is 0 Å². The Labute approximate surface area is 141 Å². The summed E-state index contributed by atoms with van der Waals surface area (Å²) in [7, 11) is 1.77. The van der Waals surface area contributed by atoms with Crippen molar-refractivity contribution in [2.45, 2.75) is 58.4 Å². The molecular weight excluding hydrogens is 292 g/mol. The molecule has 0 aromatic heterocycles. The van der Waals surface area contributed by atoms with Gasteiger partial charge in [0, 0.05) is 39.1 Å². The summed E-state index contributed by atoms with van der Waals surface area (Å²) in [6.45, 7) is 8.44. The van der Waals surface area contributed by atoms with E-state index in [0.29, 0.717) is 13.0 Å². The third-order valence-corrected chi connectivity index (χ3v) is 4.29. The molecule has 0 radical (unpaired) electrons. The first-order chi connectivity index (χ1) is 11.2. The molecule has 2 N–H and O–H groups in total. The lowest BCUT2D eigenvalue weighted by atomic mass is 10.0. The Morgan fingerprint density at radius 2 is 2.04 bits per heavy atom. The minimum Gasteiger partial charge on any atom is -0.466 e. The Hall–Kier alpha value is -1.30. The second kappa shape index (κ2) is 12.2. The van der Waals surface area contributed by atoms with E-state index >= 15 is 0 Å². The van der Waals surface area contributed by atoms with E-state index in [-0.39, 0.29) is 5.97 Å². The zero-order valence-corrected chi connectivity index (χ0v) is 15.1. The van der Waals surface area contributed by atoms with Crippen LogP contribution in [-0.4, -0.2) is 62.7 Å². The number of likely N-dealkylation sites (tertiary alicyclic amines) is 1. The monoisotopic (exact) mass is 326 g/mol. The first kappa shape index (κ1) is 19.7. The number of guanidine groups is 1. The average molecular weight is 326 g/mol. The van der Waals surface area contributed by atoms with Crippen molar-refractivity contribution < 1.29 is 9.53 Å². The summed E-state index contributed by atoms with van der Waals surface area (Å²) in [4.78, 5) is 18.1. The molecule has 1 saturated heterocycles. The number of piperidine rings is 1. The first-order valence-corrected chi connectivity index (χ1v) is 9.05. The molecule has 0 bridgehead atoms. The van der Waals surface area contributed by atoms with Crippen LogP contribution in [0.5, 0.6) is 0 Å². The maximum Gasteiger partial charge on any atom is 0.305 e. The van der Waals surface area contributed by atoms with Crippen LogP contribution in [0.15, 0.2) is 4.99 Å². The van der Waals surface area contributed by atoms with Crippen molar-refractivity contribution in [1.29, 1.82) is 0 Å². The van der Waals surface area contributed by atoms with Crippen molar-refractivity contribution in [3.63, 3.8) is 0 Å². The Bertz CT molecular complexity index is 361. The molecule has 0 aromatic rings. The number of carbonyl (C=O) groups is 1. The number of carbonyl (C=O) groups excluding carboxylic acids is 1. The van der Waals surface area contributed by atoms with Crippen LogP contribution in [0.2, 0.25) is 0 Å². The summed E-state index contributed by atoms with van der Waals surface area (Å²) in [5, 5.41) is 6.60. The molecule has 1 rings (SSSR count). The minimum atomic E-state index is -0.132. The van der Waals surface area contributed by atoms with Crippen LogP contribution in [0.3, 0.4) is 0 Å². The van der Waals surface area contributed by atoms with Gasteiger partial charge < -0.3 is 15.4 Å². The van der Waals surface area contributed by atoms with Crippen LogP contribution in [0.25, 0.3) is 0 Å². The molecule has 1 heterocycles. The molecule has 0 spiro atoms. The lowest BCUT2D eigenvalue weighted by Gasteiger charge is -2.35. The van der Waals surface area contributed by atoms with Gasteiger partial charge in [0.05, 0.1) is 6.61 Å². The van der Waals surface area contributed by atoms with E-state index in [1.807, 2.05) is 6.92 Å². The maximum absolute atomic E-state index is 11.3. The molecule has 23 heavy (non-hydrogen) atoms. The highest BCUT2D eigenvalue weighted by Gasteiger charge is 2.19. The van der Waals surface area contributed by atoms with E-state index in [0.717, 1.165) is 38.1 Å². The summed E-state index contributed by atoms with van der Waals surface area (Å²) in [5.74, 6) is 0.673. The molecule has 6 nitrogen and oxygen atoms in total. The van der Waals surface area contributed by atoms with Gasteiger partial charge in [-0.05, 0) is 39.2 Å². The molecule has 1 fully saturated rings. The van der Waals surface area contributed by atoms with Gasteiger partial charge in [-0.3, -0.25) is 14.7 Å². The SMILES string of the molecule is CCOC(=O)CCCNC(=NC)NCCN1CCCCC1CC. The molecule has 0 amide bonds. The molecule has 1 unspecified atom stereocenters. The van der Waals surface area contributed by atoms with Gasteiger partial charge in [0.25, 0.3) is 0 Å². The van der Waals surface area contributed by atoms with Gasteiger partial charge in [-0.25, -0.2) is 0 Å². The van der Waals surface area contributed by atoms with Crippen molar-refractivity contribution >= 4 is 11.9 Å². The highest BCUT2D eigenvalue weighted by molar-refractivity contribution is 5.79. The molecular formula is C17H34N4O2. The largest absolute Gasteiger partial charge is 0.466 e. The van der Waals surface area contributed by atoms with E-state index < -0.39 is 0 Å². The van der Waals surface area contributed by atoms with Crippen LogP contribution in [0, 0.1) is 0 Å². The van der Waals surface area contributed by atoms with Gasteiger partial charge in [-0.2, -0.15) is 0 Å².